The van der Waals surface area contributed by atoms with Gasteiger partial charge in [-0.3, -0.25) is 24.0 Å². The number of carboxylic acid groups (broad SMARTS) is 1. The van der Waals surface area contributed by atoms with Crippen LogP contribution < -0.4 is 27.4 Å². The Kier molecular flexibility index (Phi) is 11.2. The summed E-state index contributed by atoms with van der Waals surface area (Å²) in [5.41, 5.74) is 11.5. The average Bonchev–Trinajstić information content (AvgIpc) is 2.75. The molecule has 4 amide bonds. The maximum absolute atomic E-state index is 12.9. The lowest BCUT2D eigenvalue weighted by Crippen LogP contribution is -2.57. The Bertz CT molecular complexity index is 822. The Labute approximate surface area is 191 Å². The fraction of sp³-hybridized carbons (Fsp3) is 0.450. The van der Waals surface area contributed by atoms with Crippen molar-refractivity contribution >= 4 is 42.2 Å². The molecule has 0 aliphatic rings. The number of carboxylic acids is 1. The van der Waals surface area contributed by atoms with E-state index in [4.69, 9.17) is 16.6 Å². The SMILES string of the molecule is CC(NC(=O)C(Cc1ccccc1)NC(=O)C(CCC(N)=O)NC(=O)C(N)CS)C(=O)O. The average molecular weight is 468 g/mol. The van der Waals surface area contributed by atoms with Crippen LogP contribution in [0.1, 0.15) is 25.3 Å². The first-order valence-electron chi connectivity index (χ1n) is 9.87. The third-order valence-electron chi connectivity index (χ3n) is 4.49. The molecule has 0 fully saturated rings. The van der Waals surface area contributed by atoms with Crippen molar-refractivity contribution in [3.05, 3.63) is 35.9 Å². The van der Waals surface area contributed by atoms with E-state index in [1.165, 1.54) is 6.92 Å². The Balaban J connectivity index is 3.05. The third-order valence-corrected chi connectivity index (χ3v) is 4.88. The van der Waals surface area contributed by atoms with Crippen molar-refractivity contribution in [1.29, 1.82) is 0 Å². The van der Waals surface area contributed by atoms with E-state index >= 15 is 0 Å². The van der Waals surface area contributed by atoms with Gasteiger partial charge in [-0.2, -0.15) is 12.6 Å². The molecule has 0 spiro atoms. The summed E-state index contributed by atoms with van der Waals surface area (Å²) in [5, 5.41) is 16.3. The smallest absolute Gasteiger partial charge is 0.325 e. The Morgan fingerprint density at radius 3 is 2.06 bits per heavy atom. The van der Waals surface area contributed by atoms with E-state index in [-0.39, 0.29) is 25.0 Å². The van der Waals surface area contributed by atoms with E-state index in [1.54, 1.807) is 30.3 Å². The molecule has 176 valence electrons. The van der Waals surface area contributed by atoms with Gasteiger partial charge < -0.3 is 32.5 Å². The van der Waals surface area contributed by atoms with Crippen LogP contribution in [0.25, 0.3) is 0 Å². The van der Waals surface area contributed by atoms with Crippen LogP contribution in [0.3, 0.4) is 0 Å². The van der Waals surface area contributed by atoms with Gasteiger partial charge in [0.2, 0.25) is 23.6 Å². The molecule has 4 atom stereocenters. The van der Waals surface area contributed by atoms with Crippen LogP contribution in [0.5, 0.6) is 0 Å². The zero-order chi connectivity index (χ0) is 24.3. The van der Waals surface area contributed by atoms with Gasteiger partial charge in [0.15, 0.2) is 0 Å². The number of thiol groups is 1. The number of hydrogen-bond acceptors (Lipinski definition) is 7. The van der Waals surface area contributed by atoms with Crippen LogP contribution in [0.2, 0.25) is 0 Å². The number of nitrogens with two attached hydrogens (primary N) is 2. The number of nitrogens with one attached hydrogen (secondary N) is 3. The summed E-state index contributed by atoms with van der Waals surface area (Å²) < 4.78 is 0. The molecule has 0 saturated carbocycles. The number of hydrogen-bond donors (Lipinski definition) is 7. The first-order valence-corrected chi connectivity index (χ1v) is 10.5. The normalized spacial score (nSPS) is 14.3. The summed E-state index contributed by atoms with van der Waals surface area (Å²) in [5.74, 6) is -4.01. The molecule has 0 aromatic heterocycles. The second-order valence-corrected chi connectivity index (χ2v) is 7.54. The van der Waals surface area contributed by atoms with Gasteiger partial charge >= 0.3 is 5.97 Å². The van der Waals surface area contributed by atoms with Crippen LogP contribution in [0.15, 0.2) is 30.3 Å². The third kappa shape index (κ3) is 9.35. The van der Waals surface area contributed by atoms with Crippen molar-refractivity contribution in [2.45, 2.75) is 50.4 Å². The van der Waals surface area contributed by atoms with Gasteiger partial charge in [-0.25, -0.2) is 0 Å². The van der Waals surface area contributed by atoms with Crippen molar-refractivity contribution in [3.8, 4) is 0 Å². The van der Waals surface area contributed by atoms with E-state index in [2.05, 4.69) is 28.6 Å². The largest absolute Gasteiger partial charge is 0.480 e. The van der Waals surface area contributed by atoms with E-state index < -0.39 is 53.8 Å². The molecule has 4 unspecified atom stereocenters. The molecule has 0 aliphatic heterocycles. The molecule has 0 heterocycles. The molecule has 12 heteroatoms. The number of carbonyl (C=O) groups is 5. The monoisotopic (exact) mass is 467 g/mol. The minimum atomic E-state index is -1.24. The molecule has 32 heavy (non-hydrogen) atoms. The number of amides is 4. The molecule has 0 radical (unpaired) electrons. The fourth-order valence-electron chi connectivity index (χ4n) is 2.62. The van der Waals surface area contributed by atoms with Crippen LogP contribution in [-0.2, 0) is 30.4 Å². The molecule has 0 aliphatic carbocycles. The maximum Gasteiger partial charge on any atom is 0.325 e. The quantitative estimate of drug-likeness (QED) is 0.168. The van der Waals surface area contributed by atoms with Gasteiger partial charge in [-0.15, -0.1) is 0 Å². The van der Waals surface area contributed by atoms with Crippen molar-refractivity contribution in [2.24, 2.45) is 11.5 Å². The van der Waals surface area contributed by atoms with Gasteiger partial charge in [-0.05, 0) is 18.9 Å². The molecule has 1 aromatic rings. The second-order valence-electron chi connectivity index (χ2n) is 7.17. The summed E-state index contributed by atoms with van der Waals surface area (Å²) in [6.07, 6.45) is -0.241. The van der Waals surface area contributed by atoms with Crippen LogP contribution in [0.4, 0.5) is 0 Å². The van der Waals surface area contributed by atoms with E-state index in [0.717, 1.165) is 0 Å². The standard InChI is InChI=1S/C20H29N5O6S/c1-11(20(30)31)23-19(29)15(9-12-5-3-2-4-6-12)25-18(28)14(7-8-16(22)26)24-17(27)13(21)10-32/h2-6,11,13-15,32H,7-10,21H2,1H3,(H2,22,26)(H,23,29)(H,24,27)(H,25,28)(H,30,31). The summed E-state index contributed by atoms with van der Waals surface area (Å²) in [4.78, 5) is 60.0. The predicted molar refractivity (Wildman–Crippen MR) is 120 cm³/mol. The lowest BCUT2D eigenvalue weighted by Gasteiger charge is -2.24. The number of benzene rings is 1. The van der Waals surface area contributed by atoms with Crippen LogP contribution in [-0.4, -0.2) is 64.6 Å². The molecule has 0 bridgehead atoms. The highest BCUT2D eigenvalue weighted by atomic mass is 32.1. The Morgan fingerprint density at radius 2 is 1.53 bits per heavy atom. The topological polar surface area (TPSA) is 194 Å². The fourth-order valence-corrected chi connectivity index (χ4v) is 2.79. The number of rotatable bonds is 13. The lowest BCUT2D eigenvalue weighted by atomic mass is 10.0. The van der Waals surface area contributed by atoms with Gasteiger partial charge in [0.1, 0.15) is 18.1 Å². The summed E-state index contributed by atoms with van der Waals surface area (Å²) in [6.45, 7) is 1.29. The first-order chi connectivity index (χ1) is 15.0. The van der Waals surface area contributed by atoms with Crippen molar-refractivity contribution in [1.82, 2.24) is 16.0 Å². The van der Waals surface area contributed by atoms with Crippen molar-refractivity contribution in [3.63, 3.8) is 0 Å². The van der Waals surface area contributed by atoms with Crippen LogP contribution in [0, 0.1) is 0 Å². The molecule has 1 rings (SSSR count). The number of primary amides is 1. The highest BCUT2D eigenvalue weighted by Gasteiger charge is 2.29. The van der Waals surface area contributed by atoms with Crippen LogP contribution >= 0.6 is 12.6 Å². The van der Waals surface area contributed by atoms with Gasteiger partial charge in [0.25, 0.3) is 0 Å². The highest BCUT2D eigenvalue weighted by Crippen LogP contribution is 2.06. The zero-order valence-corrected chi connectivity index (χ0v) is 18.5. The minimum Gasteiger partial charge on any atom is -0.480 e. The number of carbonyl (C=O) groups excluding carboxylic acids is 4. The minimum absolute atomic E-state index is 0.0299. The molecule has 11 nitrogen and oxygen atoms in total. The molecule has 8 N–H and O–H groups in total. The van der Waals surface area contributed by atoms with Gasteiger partial charge in [0, 0.05) is 18.6 Å². The van der Waals surface area contributed by atoms with E-state index in [9.17, 15) is 24.0 Å². The Hall–Kier alpha value is -3.12. The predicted octanol–water partition coefficient (Wildman–Crippen LogP) is -1.69. The second kappa shape index (κ2) is 13.3. The zero-order valence-electron chi connectivity index (χ0n) is 17.6. The summed E-state index contributed by atoms with van der Waals surface area (Å²) >= 11 is 3.94. The highest BCUT2D eigenvalue weighted by molar-refractivity contribution is 7.80. The molecular formula is C20H29N5O6S. The first kappa shape index (κ1) is 26.9. The van der Waals surface area contributed by atoms with Gasteiger partial charge in [0.05, 0.1) is 6.04 Å². The summed E-state index contributed by atoms with van der Waals surface area (Å²) in [6, 6.07) is 4.27. The van der Waals surface area contributed by atoms with Gasteiger partial charge in [-0.1, -0.05) is 30.3 Å². The molecule has 0 saturated heterocycles. The lowest BCUT2D eigenvalue weighted by molar-refractivity contribution is -0.141. The van der Waals surface area contributed by atoms with Crippen molar-refractivity contribution in [2.75, 3.05) is 5.75 Å². The van der Waals surface area contributed by atoms with Crippen molar-refractivity contribution < 1.29 is 29.1 Å². The van der Waals surface area contributed by atoms with E-state index in [1.807, 2.05) is 0 Å². The van der Waals surface area contributed by atoms with E-state index in [0.29, 0.717) is 5.56 Å². The number of aliphatic carboxylic acids is 1. The molecule has 1 aromatic carbocycles. The molecular weight excluding hydrogens is 438 g/mol. The Morgan fingerprint density at radius 1 is 0.969 bits per heavy atom. The maximum atomic E-state index is 12.9. The summed E-state index contributed by atoms with van der Waals surface area (Å²) in [7, 11) is 0.